The largest absolute Gasteiger partial charge is 0.394 e. The van der Waals surface area contributed by atoms with Crippen LogP contribution in [0.1, 0.15) is 10.4 Å². The second kappa shape index (κ2) is 5.88. The van der Waals surface area contributed by atoms with Crippen LogP contribution in [0.3, 0.4) is 0 Å². The highest BCUT2D eigenvalue weighted by Crippen LogP contribution is 2.27. The summed E-state index contributed by atoms with van der Waals surface area (Å²) < 4.78 is 28.0. The number of anilines is 2. The number of rotatable bonds is 2. The lowest BCUT2D eigenvalue weighted by Gasteiger charge is -2.09. The molecule has 3 N–H and O–H groups in total. The van der Waals surface area contributed by atoms with Gasteiger partial charge in [0, 0.05) is 14.5 Å². The van der Waals surface area contributed by atoms with E-state index in [1.165, 1.54) is 0 Å². The molecule has 0 bridgehead atoms. The quantitative estimate of drug-likeness (QED) is 0.731. The Morgan fingerprint density at radius 2 is 1.70 bits per heavy atom. The molecule has 104 valence electrons. The summed E-state index contributed by atoms with van der Waals surface area (Å²) in [5.41, 5.74) is 4.87. The zero-order chi connectivity index (χ0) is 14.9. The monoisotopic (exact) mass is 404 g/mol. The molecule has 0 fully saturated rings. The number of halogens is 4. The van der Waals surface area contributed by atoms with Gasteiger partial charge in [-0.1, -0.05) is 15.9 Å². The first-order chi connectivity index (χ1) is 9.38. The van der Waals surface area contributed by atoms with Crippen LogP contribution in [0.15, 0.2) is 39.3 Å². The normalized spacial score (nSPS) is 10.4. The van der Waals surface area contributed by atoms with Crippen LogP contribution in [0, 0.1) is 11.6 Å². The third-order valence-corrected chi connectivity index (χ3v) is 3.70. The lowest BCUT2D eigenvalue weighted by molar-refractivity contribution is 0.102. The topological polar surface area (TPSA) is 55.1 Å². The van der Waals surface area contributed by atoms with Gasteiger partial charge >= 0.3 is 0 Å². The van der Waals surface area contributed by atoms with Crippen molar-refractivity contribution >= 4 is 49.1 Å². The molecule has 2 rings (SSSR count). The molecule has 0 heterocycles. The van der Waals surface area contributed by atoms with Gasteiger partial charge in [-0.05, 0) is 46.3 Å². The van der Waals surface area contributed by atoms with E-state index in [9.17, 15) is 13.6 Å². The van der Waals surface area contributed by atoms with E-state index in [2.05, 4.69) is 37.2 Å². The van der Waals surface area contributed by atoms with E-state index in [-0.39, 0.29) is 5.56 Å². The maximum absolute atomic E-state index is 13.3. The molecule has 0 radical (unpaired) electrons. The lowest BCUT2D eigenvalue weighted by Crippen LogP contribution is -2.13. The van der Waals surface area contributed by atoms with Crippen LogP contribution in [0.2, 0.25) is 0 Å². The van der Waals surface area contributed by atoms with Gasteiger partial charge in [-0.15, -0.1) is 0 Å². The number of hydrogen-bond donors (Lipinski definition) is 2. The zero-order valence-corrected chi connectivity index (χ0v) is 13.1. The van der Waals surface area contributed by atoms with Crippen molar-refractivity contribution in [3.05, 3.63) is 56.5 Å². The number of hydrogen-bond acceptors (Lipinski definition) is 2. The lowest BCUT2D eigenvalue weighted by atomic mass is 10.1. The Hall–Kier alpha value is -1.47. The van der Waals surface area contributed by atoms with Gasteiger partial charge in [0.1, 0.15) is 17.3 Å². The molecule has 1 amide bonds. The van der Waals surface area contributed by atoms with E-state index in [4.69, 9.17) is 5.73 Å². The average molecular weight is 406 g/mol. The summed E-state index contributed by atoms with van der Waals surface area (Å²) in [4.78, 5) is 12.0. The molecular formula is C13H8Br2F2N2O. The van der Waals surface area contributed by atoms with Crippen molar-refractivity contribution in [3.8, 4) is 0 Å². The molecule has 2 aromatic rings. The number of carbonyl (C=O) groups excluding carboxylic acids is 1. The van der Waals surface area contributed by atoms with Crippen molar-refractivity contribution in [2.45, 2.75) is 0 Å². The molecule has 7 heteroatoms. The van der Waals surface area contributed by atoms with Crippen molar-refractivity contribution < 1.29 is 13.6 Å². The molecule has 0 spiro atoms. The minimum absolute atomic E-state index is 0.152. The van der Waals surface area contributed by atoms with E-state index >= 15 is 0 Å². The molecule has 3 nitrogen and oxygen atoms in total. The van der Waals surface area contributed by atoms with Crippen molar-refractivity contribution in [2.75, 3.05) is 11.1 Å². The highest BCUT2D eigenvalue weighted by Gasteiger charge is 2.14. The fourth-order valence-corrected chi connectivity index (χ4v) is 2.21. The molecule has 0 saturated heterocycles. The molecule has 0 aromatic heterocycles. The number of carbonyl (C=O) groups is 1. The van der Waals surface area contributed by atoms with Gasteiger partial charge in [0.05, 0.1) is 5.69 Å². The van der Waals surface area contributed by atoms with Gasteiger partial charge in [0.15, 0.2) is 0 Å². The fraction of sp³-hybridized carbons (Fsp3) is 0. The number of nitrogen functional groups attached to an aromatic ring is 1. The standard InChI is InChI=1S/C13H8Br2F2N2O/c14-7-1-2-8(15)11(5-7)19-13(20)6-3-9(16)12(18)10(17)4-6/h1-5H,18H2,(H,19,20). The second-order valence-electron chi connectivity index (χ2n) is 3.93. The number of nitrogens with two attached hydrogens (primary N) is 1. The third kappa shape index (κ3) is 3.16. The van der Waals surface area contributed by atoms with Gasteiger partial charge in [-0.3, -0.25) is 4.79 Å². The summed E-state index contributed by atoms with van der Waals surface area (Å²) in [6.45, 7) is 0. The Bertz CT molecular complexity index is 669. The van der Waals surface area contributed by atoms with Crippen LogP contribution in [-0.4, -0.2) is 5.91 Å². The minimum atomic E-state index is -0.969. The highest BCUT2D eigenvalue weighted by atomic mass is 79.9. The predicted molar refractivity (Wildman–Crippen MR) is 80.6 cm³/mol. The van der Waals surface area contributed by atoms with Gasteiger partial charge in [-0.25, -0.2) is 8.78 Å². The van der Waals surface area contributed by atoms with Crippen molar-refractivity contribution in [3.63, 3.8) is 0 Å². The van der Waals surface area contributed by atoms with Crippen LogP contribution in [0.4, 0.5) is 20.2 Å². The van der Waals surface area contributed by atoms with E-state index < -0.39 is 23.2 Å². The fourth-order valence-electron chi connectivity index (χ4n) is 1.50. The molecule has 20 heavy (non-hydrogen) atoms. The zero-order valence-electron chi connectivity index (χ0n) is 9.88. The predicted octanol–water partition coefficient (Wildman–Crippen LogP) is 4.32. The molecule has 0 aliphatic carbocycles. The van der Waals surface area contributed by atoms with Crippen LogP contribution in [0.5, 0.6) is 0 Å². The SMILES string of the molecule is Nc1c(F)cc(C(=O)Nc2cc(Br)ccc2Br)cc1F. The minimum Gasteiger partial charge on any atom is -0.394 e. The Morgan fingerprint density at radius 1 is 1.10 bits per heavy atom. The van der Waals surface area contributed by atoms with E-state index in [1.54, 1.807) is 18.2 Å². The van der Waals surface area contributed by atoms with Gasteiger partial charge in [0.25, 0.3) is 5.91 Å². The van der Waals surface area contributed by atoms with E-state index in [0.717, 1.165) is 16.6 Å². The second-order valence-corrected chi connectivity index (χ2v) is 5.70. The first-order valence-electron chi connectivity index (χ1n) is 5.39. The van der Waals surface area contributed by atoms with Gasteiger partial charge in [-0.2, -0.15) is 0 Å². The van der Waals surface area contributed by atoms with Crippen LogP contribution in [0.25, 0.3) is 0 Å². The summed E-state index contributed by atoms with van der Waals surface area (Å²) in [6.07, 6.45) is 0. The molecule has 0 aliphatic rings. The van der Waals surface area contributed by atoms with Crippen molar-refractivity contribution in [2.24, 2.45) is 0 Å². The Balaban J connectivity index is 2.31. The smallest absolute Gasteiger partial charge is 0.255 e. The number of benzene rings is 2. The van der Waals surface area contributed by atoms with E-state index in [0.29, 0.717) is 10.2 Å². The van der Waals surface area contributed by atoms with Gasteiger partial charge < -0.3 is 11.1 Å². The van der Waals surface area contributed by atoms with Crippen LogP contribution >= 0.6 is 31.9 Å². The van der Waals surface area contributed by atoms with Crippen molar-refractivity contribution in [1.82, 2.24) is 0 Å². The van der Waals surface area contributed by atoms with Gasteiger partial charge in [0.2, 0.25) is 0 Å². The van der Waals surface area contributed by atoms with Crippen LogP contribution < -0.4 is 11.1 Å². The Morgan fingerprint density at radius 3 is 2.30 bits per heavy atom. The number of amides is 1. The first-order valence-corrected chi connectivity index (χ1v) is 6.98. The summed E-state index contributed by atoms with van der Waals surface area (Å²) in [5.74, 6) is -2.58. The van der Waals surface area contributed by atoms with Crippen molar-refractivity contribution in [1.29, 1.82) is 0 Å². The number of nitrogens with one attached hydrogen (secondary N) is 1. The van der Waals surface area contributed by atoms with Crippen LogP contribution in [-0.2, 0) is 0 Å². The summed E-state index contributed by atoms with van der Waals surface area (Å²) in [6, 6.07) is 6.94. The molecular weight excluding hydrogens is 398 g/mol. The maximum atomic E-state index is 13.3. The summed E-state index contributed by atoms with van der Waals surface area (Å²) >= 11 is 6.53. The summed E-state index contributed by atoms with van der Waals surface area (Å²) in [5, 5.41) is 2.55. The molecule has 0 saturated carbocycles. The first kappa shape index (κ1) is 14.9. The van der Waals surface area contributed by atoms with E-state index in [1.807, 2.05) is 0 Å². The Labute approximate surface area is 130 Å². The molecule has 0 aliphatic heterocycles. The molecule has 0 atom stereocenters. The molecule has 0 unspecified atom stereocenters. The third-order valence-electron chi connectivity index (χ3n) is 2.52. The summed E-state index contributed by atoms with van der Waals surface area (Å²) in [7, 11) is 0. The molecule has 2 aromatic carbocycles. The Kier molecular flexibility index (Phi) is 4.39. The maximum Gasteiger partial charge on any atom is 0.255 e. The highest BCUT2D eigenvalue weighted by molar-refractivity contribution is 9.11. The average Bonchev–Trinajstić information content (AvgIpc) is 2.39.